The standard InChI is InChI=1S/C18H15N5O2S/c1-11-5-2-3-6-12(11)19-17(24)10-16-20-21-18(25)14-9-13(22-23(14)16)15-7-4-8-26-15/h2-9H,10H2,1H3,(H,19,24)(H,21,25). The summed E-state index contributed by atoms with van der Waals surface area (Å²) in [5, 5.41) is 15.7. The number of aromatic amines is 1. The first kappa shape index (κ1) is 16.2. The molecule has 0 spiro atoms. The molecule has 8 heteroatoms. The zero-order chi connectivity index (χ0) is 18.1. The highest BCUT2D eigenvalue weighted by molar-refractivity contribution is 7.13. The molecule has 0 saturated carbocycles. The maximum Gasteiger partial charge on any atom is 0.290 e. The number of nitrogens with zero attached hydrogens (tertiary/aromatic N) is 3. The van der Waals surface area contributed by atoms with Crippen LogP contribution in [0, 0.1) is 6.92 Å². The van der Waals surface area contributed by atoms with Crippen LogP contribution < -0.4 is 10.9 Å². The summed E-state index contributed by atoms with van der Waals surface area (Å²) in [4.78, 5) is 25.4. The predicted octanol–water partition coefficient (Wildman–Crippen LogP) is 2.64. The summed E-state index contributed by atoms with van der Waals surface area (Å²) in [6.07, 6.45) is -0.00677. The molecule has 0 aliphatic heterocycles. The number of nitrogens with one attached hydrogen (secondary N) is 2. The molecule has 2 N–H and O–H groups in total. The van der Waals surface area contributed by atoms with Gasteiger partial charge < -0.3 is 5.32 Å². The van der Waals surface area contributed by atoms with Gasteiger partial charge in [0.05, 0.1) is 11.3 Å². The molecule has 4 aromatic rings. The monoisotopic (exact) mass is 365 g/mol. The third kappa shape index (κ3) is 3.02. The average Bonchev–Trinajstić information content (AvgIpc) is 3.29. The Morgan fingerprint density at radius 3 is 2.88 bits per heavy atom. The number of thiophene rings is 1. The number of aryl methyl sites for hydroxylation is 1. The normalized spacial score (nSPS) is 11.0. The Bertz CT molecular complexity index is 1140. The topological polar surface area (TPSA) is 92.1 Å². The first-order valence-corrected chi connectivity index (χ1v) is 8.86. The number of H-pyrrole nitrogens is 1. The first-order valence-electron chi connectivity index (χ1n) is 7.98. The van der Waals surface area contributed by atoms with E-state index in [-0.39, 0.29) is 17.9 Å². The van der Waals surface area contributed by atoms with E-state index in [1.807, 2.05) is 48.7 Å². The zero-order valence-electron chi connectivity index (χ0n) is 13.9. The summed E-state index contributed by atoms with van der Waals surface area (Å²) in [7, 11) is 0. The van der Waals surface area contributed by atoms with Crippen molar-refractivity contribution in [1.29, 1.82) is 0 Å². The number of benzene rings is 1. The van der Waals surface area contributed by atoms with Crippen molar-refractivity contribution < 1.29 is 4.79 Å². The van der Waals surface area contributed by atoms with Crippen molar-refractivity contribution in [3.63, 3.8) is 0 Å². The van der Waals surface area contributed by atoms with Crippen molar-refractivity contribution in [2.45, 2.75) is 13.3 Å². The second-order valence-corrected chi connectivity index (χ2v) is 6.76. The van der Waals surface area contributed by atoms with Crippen LogP contribution in [0.25, 0.3) is 16.1 Å². The summed E-state index contributed by atoms with van der Waals surface area (Å²) < 4.78 is 1.44. The highest BCUT2D eigenvalue weighted by Crippen LogP contribution is 2.23. The third-order valence-electron chi connectivity index (χ3n) is 3.98. The van der Waals surface area contributed by atoms with E-state index in [9.17, 15) is 9.59 Å². The van der Waals surface area contributed by atoms with E-state index in [1.165, 1.54) is 15.9 Å². The Hall–Kier alpha value is -3.26. The van der Waals surface area contributed by atoms with Crippen LogP contribution in [0.3, 0.4) is 0 Å². The number of carbonyl (C=O) groups excluding carboxylic acids is 1. The molecule has 0 bridgehead atoms. The fourth-order valence-electron chi connectivity index (χ4n) is 2.67. The molecule has 0 atom stereocenters. The van der Waals surface area contributed by atoms with E-state index in [0.29, 0.717) is 17.0 Å². The van der Waals surface area contributed by atoms with Gasteiger partial charge in [-0.05, 0) is 36.1 Å². The molecule has 0 fully saturated rings. The van der Waals surface area contributed by atoms with Crippen molar-refractivity contribution in [1.82, 2.24) is 19.8 Å². The highest BCUT2D eigenvalue weighted by atomic mass is 32.1. The van der Waals surface area contributed by atoms with E-state index in [4.69, 9.17) is 0 Å². The molecule has 3 aromatic heterocycles. The van der Waals surface area contributed by atoms with E-state index in [2.05, 4.69) is 20.6 Å². The Morgan fingerprint density at radius 2 is 2.12 bits per heavy atom. The number of hydrogen-bond donors (Lipinski definition) is 2. The van der Waals surface area contributed by atoms with Crippen LogP contribution >= 0.6 is 11.3 Å². The van der Waals surface area contributed by atoms with Gasteiger partial charge in [0.25, 0.3) is 5.56 Å². The Kier molecular flexibility index (Phi) is 4.10. The van der Waals surface area contributed by atoms with Gasteiger partial charge in [-0.3, -0.25) is 9.59 Å². The predicted molar refractivity (Wildman–Crippen MR) is 100 cm³/mol. The van der Waals surface area contributed by atoms with Crippen molar-refractivity contribution in [3.8, 4) is 10.6 Å². The molecule has 4 rings (SSSR count). The molecule has 0 aliphatic rings. The Morgan fingerprint density at radius 1 is 1.27 bits per heavy atom. The minimum Gasteiger partial charge on any atom is -0.325 e. The summed E-state index contributed by atoms with van der Waals surface area (Å²) in [6, 6.07) is 13.1. The van der Waals surface area contributed by atoms with Crippen molar-refractivity contribution in [2.75, 3.05) is 5.32 Å². The number of carbonyl (C=O) groups is 1. The quantitative estimate of drug-likeness (QED) is 0.581. The van der Waals surface area contributed by atoms with Gasteiger partial charge in [0.1, 0.15) is 11.2 Å². The van der Waals surface area contributed by atoms with Crippen molar-refractivity contribution in [3.05, 3.63) is 69.6 Å². The number of amides is 1. The molecule has 1 amide bonds. The number of fused-ring (bicyclic) bond motifs is 1. The molecular weight excluding hydrogens is 350 g/mol. The molecule has 1 aromatic carbocycles. The van der Waals surface area contributed by atoms with Crippen LogP contribution in [0.15, 0.2) is 52.6 Å². The fourth-order valence-corrected chi connectivity index (χ4v) is 3.35. The molecule has 3 heterocycles. The van der Waals surface area contributed by atoms with Gasteiger partial charge in [-0.15, -0.1) is 11.3 Å². The van der Waals surface area contributed by atoms with Crippen LogP contribution in [0.4, 0.5) is 5.69 Å². The summed E-state index contributed by atoms with van der Waals surface area (Å²) in [6.45, 7) is 1.92. The lowest BCUT2D eigenvalue weighted by Gasteiger charge is -2.08. The molecule has 130 valence electrons. The van der Waals surface area contributed by atoms with Gasteiger partial charge >= 0.3 is 0 Å². The minimum atomic E-state index is -0.344. The van der Waals surface area contributed by atoms with Crippen LogP contribution in [0.5, 0.6) is 0 Å². The van der Waals surface area contributed by atoms with E-state index >= 15 is 0 Å². The summed E-state index contributed by atoms with van der Waals surface area (Å²) >= 11 is 1.53. The number of hydrogen-bond acceptors (Lipinski definition) is 5. The first-order chi connectivity index (χ1) is 12.6. The minimum absolute atomic E-state index is 0.00677. The molecule has 0 unspecified atom stereocenters. The highest BCUT2D eigenvalue weighted by Gasteiger charge is 2.15. The average molecular weight is 365 g/mol. The van der Waals surface area contributed by atoms with Gasteiger partial charge in [0.15, 0.2) is 5.82 Å². The van der Waals surface area contributed by atoms with Crippen LogP contribution in [-0.4, -0.2) is 25.7 Å². The lowest BCUT2D eigenvalue weighted by atomic mass is 10.2. The molecule has 0 aliphatic carbocycles. The number of para-hydroxylation sites is 1. The van der Waals surface area contributed by atoms with Gasteiger partial charge in [0, 0.05) is 5.69 Å². The second-order valence-electron chi connectivity index (χ2n) is 5.81. The Labute approximate surface area is 152 Å². The number of aromatic nitrogens is 4. The van der Waals surface area contributed by atoms with Gasteiger partial charge in [-0.2, -0.15) is 10.2 Å². The number of anilines is 1. The summed E-state index contributed by atoms with van der Waals surface area (Å²) in [5.74, 6) is 0.141. The van der Waals surface area contributed by atoms with E-state index in [0.717, 1.165) is 16.1 Å². The largest absolute Gasteiger partial charge is 0.325 e. The SMILES string of the molecule is Cc1ccccc1NC(=O)Cc1n[nH]c(=O)c2cc(-c3cccs3)nn12. The van der Waals surface area contributed by atoms with Crippen LogP contribution in [0.1, 0.15) is 11.4 Å². The van der Waals surface area contributed by atoms with Crippen molar-refractivity contribution in [2.24, 2.45) is 0 Å². The second kappa shape index (κ2) is 6.57. The summed E-state index contributed by atoms with van der Waals surface area (Å²) in [5.41, 5.74) is 2.42. The molecule has 0 saturated heterocycles. The lowest BCUT2D eigenvalue weighted by Crippen LogP contribution is -2.22. The van der Waals surface area contributed by atoms with E-state index < -0.39 is 0 Å². The molecular formula is C18H15N5O2S. The van der Waals surface area contributed by atoms with Gasteiger partial charge in [-0.1, -0.05) is 24.3 Å². The lowest BCUT2D eigenvalue weighted by molar-refractivity contribution is -0.115. The third-order valence-corrected chi connectivity index (χ3v) is 4.88. The number of rotatable bonds is 4. The zero-order valence-corrected chi connectivity index (χ0v) is 14.7. The maximum absolute atomic E-state index is 12.4. The van der Waals surface area contributed by atoms with Crippen LogP contribution in [-0.2, 0) is 11.2 Å². The maximum atomic E-state index is 12.4. The van der Waals surface area contributed by atoms with E-state index in [1.54, 1.807) is 6.07 Å². The van der Waals surface area contributed by atoms with Crippen molar-refractivity contribution >= 4 is 28.4 Å². The van der Waals surface area contributed by atoms with Crippen LogP contribution in [0.2, 0.25) is 0 Å². The molecule has 0 radical (unpaired) electrons. The van der Waals surface area contributed by atoms with Gasteiger partial charge in [0.2, 0.25) is 5.91 Å². The smallest absolute Gasteiger partial charge is 0.290 e. The Balaban J connectivity index is 1.66. The molecule has 7 nitrogen and oxygen atoms in total. The molecule has 26 heavy (non-hydrogen) atoms. The fraction of sp³-hybridized carbons (Fsp3) is 0.111. The van der Waals surface area contributed by atoms with Gasteiger partial charge in [-0.25, -0.2) is 9.61 Å².